The van der Waals surface area contributed by atoms with Crippen molar-refractivity contribution in [3.8, 4) is 0 Å². The molecule has 260 valence electrons. The van der Waals surface area contributed by atoms with E-state index in [1.54, 1.807) is 6.08 Å². The summed E-state index contributed by atoms with van der Waals surface area (Å²) >= 11 is 0. The van der Waals surface area contributed by atoms with E-state index in [-0.39, 0.29) is 12.5 Å². The van der Waals surface area contributed by atoms with E-state index in [9.17, 15) is 30.3 Å². The number of unbranched alkanes of at least 4 members (excludes halogenated alkanes) is 18. The molecule has 7 atom stereocenters. The van der Waals surface area contributed by atoms with Crippen molar-refractivity contribution >= 4 is 5.91 Å². The molecular formula is C35H67NO8. The third-order valence-electron chi connectivity index (χ3n) is 8.61. The maximum Gasteiger partial charge on any atom is 0.220 e. The van der Waals surface area contributed by atoms with Crippen molar-refractivity contribution in [2.75, 3.05) is 13.2 Å². The van der Waals surface area contributed by atoms with Gasteiger partial charge in [-0.25, -0.2) is 0 Å². The largest absolute Gasteiger partial charge is 0.394 e. The molecule has 0 aromatic heterocycles. The van der Waals surface area contributed by atoms with Crippen molar-refractivity contribution in [3.05, 3.63) is 12.2 Å². The van der Waals surface area contributed by atoms with Crippen molar-refractivity contribution in [3.63, 3.8) is 0 Å². The number of hydrogen-bond acceptors (Lipinski definition) is 8. The van der Waals surface area contributed by atoms with E-state index in [0.717, 1.165) is 38.5 Å². The molecule has 1 rings (SSSR count). The van der Waals surface area contributed by atoms with E-state index in [2.05, 4.69) is 19.2 Å². The van der Waals surface area contributed by atoms with Gasteiger partial charge in [0.05, 0.1) is 25.4 Å². The standard InChI is InChI=1S/C35H67NO8/c1-3-5-7-9-11-13-14-15-17-18-20-22-24-29(38)28(27-43-35-34(42)33(41)32(40)30(26-37)44-35)36-31(39)25-23-21-19-16-12-10-8-6-4-2/h22,24,28-30,32-35,37-38,40-42H,3-21,23,25-27H2,1-2H3,(H,36,39)/b24-22+/t28-,29+,30+,32+,33?,34?,35+/m0/s1. The summed E-state index contributed by atoms with van der Waals surface area (Å²) in [6.07, 6.45) is 19.7. The van der Waals surface area contributed by atoms with Crippen LogP contribution < -0.4 is 5.32 Å². The van der Waals surface area contributed by atoms with Crippen LogP contribution in [0.4, 0.5) is 0 Å². The number of rotatable bonds is 28. The molecule has 1 heterocycles. The molecule has 0 saturated carbocycles. The Morgan fingerprint density at radius 3 is 1.77 bits per heavy atom. The second-order valence-electron chi connectivity index (χ2n) is 12.7. The molecule has 9 heteroatoms. The summed E-state index contributed by atoms with van der Waals surface area (Å²) in [6.45, 7) is 3.71. The molecule has 0 radical (unpaired) electrons. The number of nitrogens with one attached hydrogen (secondary N) is 1. The van der Waals surface area contributed by atoms with Crippen LogP contribution in [0.3, 0.4) is 0 Å². The highest BCUT2D eigenvalue weighted by molar-refractivity contribution is 5.76. The number of carbonyl (C=O) groups is 1. The van der Waals surface area contributed by atoms with Crippen molar-refractivity contribution in [2.45, 2.75) is 192 Å². The van der Waals surface area contributed by atoms with Gasteiger partial charge >= 0.3 is 0 Å². The smallest absolute Gasteiger partial charge is 0.220 e. The lowest BCUT2D eigenvalue weighted by molar-refractivity contribution is -0.302. The van der Waals surface area contributed by atoms with E-state index < -0.39 is 49.5 Å². The summed E-state index contributed by atoms with van der Waals surface area (Å²) in [6, 6.07) is -0.794. The number of ether oxygens (including phenoxy) is 2. The second kappa shape index (κ2) is 27.1. The van der Waals surface area contributed by atoms with E-state index in [4.69, 9.17) is 9.47 Å². The van der Waals surface area contributed by atoms with Gasteiger partial charge in [0.2, 0.25) is 5.91 Å². The molecule has 0 spiro atoms. The Kier molecular flexibility index (Phi) is 25.2. The van der Waals surface area contributed by atoms with Crippen LogP contribution >= 0.6 is 0 Å². The molecule has 44 heavy (non-hydrogen) atoms. The zero-order chi connectivity index (χ0) is 32.4. The lowest BCUT2D eigenvalue weighted by Gasteiger charge is -2.40. The number of allylic oxidation sites excluding steroid dienone is 1. The van der Waals surface area contributed by atoms with Crippen LogP contribution in [0.25, 0.3) is 0 Å². The summed E-state index contributed by atoms with van der Waals surface area (Å²) in [5, 5.41) is 53.7. The maximum atomic E-state index is 12.8. The topological polar surface area (TPSA) is 149 Å². The minimum atomic E-state index is -1.56. The van der Waals surface area contributed by atoms with Crippen molar-refractivity contribution in [1.29, 1.82) is 0 Å². The van der Waals surface area contributed by atoms with Gasteiger partial charge in [0.15, 0.2) is 6.29 Å². The van der Waals surface area contributed by atoms with Gasteiger partial charge in [-0.3, -0.25) is 4.79 Å². The van der Waals surface area contributed by atoms with Crippen LogP contribution in [0, 0.1) is 0 Å². The van der Waals surface area contributed by atoms with E-state index >= 15 is 0 Å². The molecule has 1 aliphatic rings. The maximum absolute atomic E-state index is 12.8. The Bertz CT molecular complexity index is 706. The molecule has 2 unspecified atom stereocenters. The predicted octanol–water partition coefficient (Wildman–Crippen LogP) is 5.44. The molecule has 1 aliphatic heterocycles. The summed E-state index contributed by atoms with van der Waals surface area (Å²) < 4.78 is 11.1. The average Bonchev–Trinajstić information content (AvgIpc) is 3.02. The molecular weight excluding hydrogens is 562 g/mol. The van der Waals surface area contributed by atoms with E-state index in [0.29, 0.717) is 6.42 Å². The van der Waals surface area contributed by atoms with Gasteiger partial charge in [0.25, 0.3) is 0 Å². The number of aliphatic hydroxyl groups is 5. The Hall–Kier alpha value is -1.07. The van der Waals surface area contributed by atoms with Crippen molar-refractivity contribution in [2.24, 2.45) is 0 Å². The van der Waals surface area contributed by atoms with Gasteiger partial charge < -0.3 is 40.3 Å². The quantitative estimate of drug-likeness (QED) is 0.0495. The molecule has 0 aromatic rings. The lowest BCUT2D eigenvalue weighted by atomic mass is 9.99. The van der Waals surface area contributed by atoms with Crippen LogP contribution in [0.2, 0.25) is 0 Å². The molecule has 1 fully saturated rings. The van der Waals surface area contributed by atoms with Gasteiger partial charge in [-0.1, -0.05) is 135 Å². The Morgan fingerprint density at radius 1 is 0.750 bits per heavy atom. The highest BCUT2D eigenvalue weighted by atomic mass is 16.7. The summed E-state index contributed by atoms with van der Waals surface area (Å²) in [7, 11) is 0. The first kappa shape index (κ1) is 41.0. The fourth-order valence-electron chi connectivity index (χ4n) is 5.62. The minimum Gasteiger partial charge on any atom is -0.394 e. The first-order chi connectivity index (χ1) is 21.3. The highest BCUT2D eigenvalue weighted by Crippen LogP contribution is 2.22. The van der Waals surface area contributed by atoms with Gasteiger partial charge in [0, 0.05) is 6.42 Å². The molecule has 0 aromatic carbocycles. The lowest BCUT2D eigenvalue weighted by Crippen LogP contribution is -2.60. The van der Waals surface area contributed by atoms with Crippen LogP contribution in [0.5, 0.6) is 0 Å². The number of amides is 1. The third kappa shape index (κ3) is 18.8. The zero-order valence-electron chi connectivity index (χ0n) is 27.9. The van der Waals surface area contributed by atoms with Gasteiger partial charge in [-0.15, -0.1) is 0 Å². The molecule has 9 nitrogen and oxygen atoms in total. The monoisotopic (exact) mass is 629 g/mol. The van der Waals surface area contributed by atoms with Crippen molar-refractivity contribution in [1.82, 2.24) is 5.32 Å². The summed E-state index contributed by atoms with van der Waals surface area (Å²) in [5.41, 5.74) is 0. The summed E-state index contributed by atoms with van der Waals surface area (Å²) in [4.78, 5) is 12.8. The first-order valence-corrected chi connectivity index (χ1v) is 17.9. The molecule has 1 amide bonds. The van der Waals surface area contributed by atoms with Crippen LogP contribution in [-0.4, -0.2) is 87.5 Å². The molecule has 1 saturated heterocycles. The van der Waals surface area contributed by atoms with E-state index in [1.807, 2.05) is 6.08 Å². The summed E-state index contributed by atoms with van der Waals surface area (Å²) in [5.74, 6) is -0.183. The van der Waals surface area contributed by atoms with Crippen molar-refractivity contribution < 1.29 is 39.8 Å². The number of carbonyl (C=O) groups excluding carboxylic acids is 1. The fourth-order valence-corrected chi connectivity index (χ4v) is 5.62. The molecule has 6 N–H and O–H groups in total. The number of hydrogen-bond donors (Lipinski definition) is 6. The van der Waals surface area contributed by atoms with Gasteiger partial charge in [-0.05, 0) is 19.3 Å². The van der Waals surface area contributed by atoms with E-state index in [1.165, 1.54) is 89.9 Å². The normalized spacial score (nSPS) is 23.7. The Balaban J connectivity index is 2.51. The van der Waals surface area contributed by atoms with Crippen LogP contribution in [0.1, 0.15) is 149 Å². The fraction of sp³-hybridized carbons (Fsp3) is 0.914. The molecule has 0 bridgehead atoms. The van der Waals surface area contributed by atoms with Crippen LogP contribution in [0.15, 0.2) is 12.2 Å². The zero-order valence-corrected chi connectivity index (χ0v) is 27.9. The first-order valence-electron chi connectivity index (χ1n) is 17.9. The molecule has 0 aliphatic carbocycles. The second-order valence-corrected chi connectivity index (χ2v) is 12.7. The van der Waals surface area contributed by atoms with Crippen LogP contribution in [-0.2, 0) is 14.3 Å². The number of aliphatic hydroxyl groups excluding tert-OH is 5. The highest BCUT2D eigenvalue weighted by Gasteiger charge is 2.44. The Morgan fingerprint density at radius 2 is 1.25 bits per heavy atom. The third-order valence-corrected chi connectivity index (χ3v) is 8.61. The van der Waals surface area contributed by atoms with Gasteiger partial charge in [0.1, 0.15) is 24.4 Å². The SMILES string of the molecule is CCCCCCCCCCCC/C=C/[C@@H](O)[C@H](CO[C@@H]1O[C@H](CO)[C@@H](O)C(O)C1O)NC(=O)CCCCCCCCCCC. The minimum absolute atomic E-state index is 0.183. The predicted molar refractivity (Wildman–Crippen MR) is 175 cm³/mol. The Labute approximate surface area is 267 Å². The average molecular weight is 630 g/mol. The van der Waals surface area contributed by atoms with Gasteiger partial charge in [-0.2, -0.15) is 0 Å².